The fourth-order valence-corrected chi connectivity index (χ4v) is 4.09. The predicted molar refractivity (Wildman–Crippen MR) is 111 cm³/mol. The number of nitrogens with one attached hydrogen (secondary N) is 1. The van der Waals surface area contributed by atoms with Crippen LogP contribution in [-0.2, 0) is 9.59 Å². The summed E-state index contributed by atoms with van der Waals surface area (Å²) in [7, 11) is 0. The summed E-state index contributed by atoms with van der Waals surface area (Å²) < 4.78 is 0. The third-order valence-corrected chi connectivity index (χ3v) is 5.79. The van der Waals surface area contributed by atoms with Gasteiger partial charge in [0.2, 0.25) is 5.91 Å². The number of amides is 2. The van der Waals surface area contributed by atoms with Crippen LogP contribution in [0.5, 0.6) is 0 Å². The van der Waals surface area contributed by atoms with E-state index in [4.69, 9.17) is 22.3 Å². The van der Waals surface area contributed by atoms with Gasteiger partial charge in [0.1, 0.15) is 5.54 Å². The maximum absolute atomic E-state index is 13.4. The van der Waals surface area contributed by atoms with Crippen molar-refractivity contribution in [2.45, 2.75) is 44.6 Å². The number of carbonyl (C=O) groups excluding carboxylic acids is 2. The van der Waals surface area contributed by atoms with Crippen LogP contribution >= 0.6 is 11.6 Å². The molecule has 3 N–H and O–H groups in total. The van der Waals surface area contributed by atoms with Crippen LogP contribution in [0.2, 0.25) is 5.02 Å². The molecule has 1 aliphatic heterocycles. The Balaban J connectivity index is 1.75. The van der Waals surface area contributed by atoms with Crippen molar-refractivity contribution in [3.05, 3.63) is 29.3 Å². The molecule has 7 nitrogen and oxygen atoms in total. The number of nitrogens with two attached hydrogens (primary N) is 1. The largest absolute Gasteiger partial charge is 0.370 e. The van der Waals surface area contributed by atoms with Gasteiger partial charge in [-0.1, -0.05) is 30.9 Å². The second-order valence-electron chi connectivity index (χ2n) is 7.52. The molecule has 1 saturated heterocycles. The van der Waals surface area contributed by atoms with Gasteiger partial charge in [-0.15, -0.1) is 0 Å². The molecular weight excluding hydrogens is 378 g/mol. The third-order valence-electron chi connectivity index (χ3n) is 5.54. The van der Waals surface area contributed by atoms with Crippen LogP contribution in [0.15, 0.2) is 29.3 Å². The number of halogens is 1. The standard InChI is InChI=1S/C20H28ClN5O2/c1-15(27)25-11-13-26(14-12-25)18(28)20(9-3-2-4-10-20)24-19(22)23-17-7-5-16(21)6-8-17/h5-8H,2-4,9-14H2,1H3,(H3,22,23,24). The minimum atomic E-state index is -0.819. The smallest absolute Gasteiger partial charge is 0.250 e. The molecule has 2 aliphatic rings. The second-order valence-corrected chi connectivity index (χ2v) is 7.96. The molecule has 0 radical (unpaired) electrons. The van der Waals surface area contributed by atoms with Gasteiger partial charge >= 0.3 is 0 Å². The quantitative estimate of drug-likeness (QED) is 0.597. The van der Waals surface area contributed by atoms with Crippen molar-refractivity contribution in [1.29, 1.82) is 0 Å². The van der Waals surface area contributed by atoms with Gasteiger partial charge in [-0.25, -0.2) is 4.99 Å². The highest BCUT2D eigenvalue weighted by molar-refractivity contribution is 6.30. The zero-order chi connectivity index (χ0) is 20.1. The van der Waals surface area contributed by atoms with E-state index in [1.54, 1.807) is 24.0 Å². The molecule has 0 atom stereocenters. The fourth-order valence-electron chi connectivity index (χ4n) is 3.97. The minimum absolute atomic E-state index is 0.0243. The Bertz CT molecular complexity index is 735. The first-order valence-electron chi connectivity index (χ1n) is 9.82. The van der Waals surface area contributed by atoms with E-state index in [1.165, 1.54) is 0 Å². The molecule has 0 spiro atoms. The van der Waals surface area contributed by atoms with Gasteiger partial charge in [0.15, 0.2) is 5.96 Å². The summed E-state index contributed by atoms with van der Waals surface area (Å²) in [5, 5.41) is 3.71. The first-order chi connectivity index (χ1) is 13.4. The fraction of sp³-hybridized carbons (Fsp3) is 0.550. The number of piperazine rings is 1. The summed E-state index contributed by atoms with van der Waals surface area (Å²) in [5.41, 5.74) is 6.13. The molecule has 1 aromatic carbocycles. The van der Waals surface area contributed by atoms with Crippen molar-refractivity contribution in [1.82, 2.24) is 9.80 Å². The monoisotopic (exact) mass is 405 g/mol. The van der Waals surface area contributed by atoms with Crippen LogP contribution in [0.25, 0.3) is 0 Å². The Morgan fingerprint density at radius 1 is 1.04 bits per heavy atom. The SMILES string of the molecule is CC(=O)N1CCN(C(=O)C2(N=C(N)Nc3ccc(Cl)cc3)CCCCC2)CC1. The van der Waals surface area contributed by atoms with E-state index in [0.717, 1.165) is 24.9 Å². The number of hydrogen-bond donors (Lipinski definition) is 2. The predicted octanol–water partition coefficient (Wildman–Crippen LogP) is 2.46. The number of guanidine groups is 1. The van der Waals surface area contributed by atoms with Crippen LogP contribution < -0.4 is 11.1 Å². The second kappa shape index (κ2) is 8.82. The number of benzene rings is 1. The zero-order valence-electron chi connectivity index (χ0n) is 16.3. The van der Waals surface area contributed by atoms with Gasteiger partial charge < -0.3 is 20.9 Å². The third kappa shape index (κ3) is 4.76. The summed E-state index contributed by atoms with van der Waals surface area (Å²) >= 11 is 5.92. The highest BCUT2D eigenvalue weighted by Gasteiger charge is 2.43. The molecule has 28 heavy (non-hydrogen) atoms. The first-order valence-corrected chi connectivity index (χ1v) is 10.2. The number of anilines is 1. The summed E-state index contributed by atoms with van der Waals surface area (Å²) in [5.74, 6) is 0.310. The lowest BCUT2D eigenvalue weighted by atomic mass is 9.81. The van der Waals surface area contributed by atoms with Crippen molar-refractivity contribution in [2.24, 2.45) is 10.7 Å². The van der Waals surface area contributed by atoms with Gasteiger partial charge in [-0.3, -0.25) is 9.59 Å². The number of nitrogens with zero attached hydrogens (tertiary/aromatic N) is 3. The Labute approximate surface area is 170 Å². The van der Waals surface area contributed by atoms with Crippen molar-refractivity contribution in [3.8, 4) is 0 Å². The van der Waals surface area contributed by atoms with Crippen molar-refractivity contribution in [2.75, 3.05) is 31.5 Å². The molecule has 0 bridgehead atoms. The number of hydrogen-bond acceptors (Lipinski definition) is 3. The van der Waals surface area contributed by atoms with E-state index >= 15 is 0 Å². The molecule has 8 heteroatoms. The van der Waals surface area contributed by atoms with E-state index < -0.39 is 5.54 Å². The van der Waals surface area contributed by atoms with Crippen molar-refractivity contribution in [3.63, 3.8) is 0 Å². The van der Waals surface area contributed by atoms with E-state index in [-0.39, 0.29) is 17.8 Å². The van der Waals surface area contributed by atoms with Gasteiger partial charge in [0, 0.05) is 43.8 Å². The summed E-state index contributed by atoms with van der Waals surface area (Å²) in [4.78, 5) is 33.3. The highest BCUT2D eigenvalue weighted by Crippen LogP contribution is 2.34. The number of aliphatic imine (C=N–C) groups is 1. The first kappa shape index (κ1) is 20.5. The summed E-state index contributed by atoms with van der Waals surface area (Å²) in [6.07, 6.45) is 4.41. The van der Waals surface area contributed by atoms with Gasteiger partial charge in [0.25, 0.3) is 5.91 Å². The highest BCUT2D eigenvalue weighted by atomic mass is 35.5. The molecule has 1 aliphatic carbocycles. The van der Waals surface area contributed by atoms with Gasteiger partial charge in [0.05, 0.1) is 0 Å². The lowest BCUT2D eigenvalue weighted by molar-refractivity contribution is -0.143. The van der Waals surface area contributed by atoms with Crippen LogP contribution in [0.3, 0.4) is 0 Å². The molecule has 2 amide bonds. The zero-order valence-corrected chi connectivity index (χ0v) is 17.0. The summed E-state index contributed by atoms with van der Waals surface area (Å²) in [6.45, 7) is 3.78. The van der Waals surface area contributed by atoms with Crippen LogP contribution in [0.4, 0.5) is 5.69 Å². The minimum Gasteiger partial charge on any atom is -0.370 e. The molecule has 3 rings (SSSR count). The Hall–Kier alpha value is -2.28. The average molecular weight is 406 g/mol. The Morgan fingerprint density at radius 3 is 2.18 bits per heavy atom. The van der Waals surface area contributed by atoms with Crippen molar-refractivity contribution < 1.29 is 9.59 Å². The molecule has 0 aromatic heterocycles. The van der Waals surface area contributed by atoms with Gasteiger partial charge in [-0.2, -0.15) is 0 Å². The molecular formula is C20H28ClN5O2. The average Bonchev–Trinajstić information content (AvgIpc) is 2.70. The number of rotatable bonds is 3. The molecule has 1 aromatic rings. The molecule has 1 saturated carbocycles. The maximum Gasteiger partial charge on any atom is 0.250 e. The van der Waals surface area contributed by atoms with Crippen LogP contribution in [0.1, 0.15) is 39.0 Å². The molecule has 1 heterocycles. The molecule has 152 valence electrons. The normalized spacial score (nSPS) is 20.0. The van der Waals surface area contributed by atoms with E-state index in [9.17, 15) is 9.59 Å². The lowest BCUT2D eigenvalue weighted by Gasteiger charge is -2.41. The van der Waals surface area contributed by atoms with Gasteiger partial charge in [-0.05, 0) is 37.1 Å². The van der Waals surface area contributed by atoms with Crippen LogP contribution in [0, 0.1) is 0 Å². The van der Waals surface area contributed by atoms with E-state index in [2.05, 4.69) is 5.32 Å². The van der Waals surface area contributed by atoms with Crippen molar-refractivity contribution >= 4 is 35.1 Å². The molecule has 2 fully saturated rings. The topological polar surface area (TPSA) is 91.0 Å². The summed E-state index contributed by atoms with van der Waals surface area (Å²) in [6, 6.07) is 7.18. The van der Waals surface area contributed by atoms with E-state index in [0.29, 0.717) is 44.0 Å². The Morgan fingerprint density at radius 2 is 1.61 bits per heavy atom. The maximum atomic E-state index is 13.4. The molecule has 0 unspecified atom stereocenters. The lowest BCUT2D eigenvalue weighted by Crippen LogP contribution is -2.56. The van der Waals surface area contributed by atoms with E-state index in [1.807, 2.05) is 17.0 Å². The van der Waals surface area contributed by atoms with Crippen LogP contribution in [-0.4, -0.2) is 59.3 Å². The number of carbonyl (C=O) groups is 2. The Kier molecular flexibility index (Phi) is 6.44.